The molecule has 2 aliphatic rings. The van der Waals surface area contributed by atoms with Gasteiger partial charge >= 0.3 is 0 Å². The Morgan fingerprint density at radius 1 is 1.17 bits per heavy atom. The summed E-state index contributed by atoms with van der Waals surface area (Å²) < 4.78 is 0. The summed E-state index contributed by atoms with van der Waals surface area (Å²) in [5.41, 5.74) is 3.67. The molecule has 64 valence electrons. The van der Waals surface area contributed by atoms with Crippen LogP contribution < -0.4 is 0 Å². The van der Waals surface area contributed by atoms with Gasteiger partial charge in [-0.25, -0.2) is 0 Å². The fourth-order valence-corrected chi connectivity index (χ4v) is 1.10. The monoisotopic (exact) mass is 279 g/mol. The van der Waals surface area contributed by atoms with Crippen LogP contribution >= 0.6 is 24.8 Å². The molecule has 0 aromatic rings. The predicted molar refractivity (Wildman–Crippen MR) is 52.9 cm³/mol. The summed E-state index contributed by atoms with van der Waals surface area (Å²) in [4.78, 5) is 4.14. The summed E-state index contributed by atoms with van der Waals surface area (Å²) in [5.74, 6) is 0. The maximum Gasteiger partial charge on any atom is 0.0705 e. The quantitative estimate of drug-likeness (QED) is 0.647. The van der Waals surface area contributed by atoms with Gasteiger partial charge in [-0.2, -0.15) is 0 Å². The summed E-state index contributed by atoms with van der Waals surface area (Å²) in [6.07, 6.45) is 8.10. The Labute approximate surface area is 104 Å². The van der Waals surface area contributed by atoms with Crippen LogP contribution in [0, 0.1) is 0 Å². The van der Waals surface area contributed by atoms with Crippen molar-refractivity contribution in [3.63, 3.8) is 0 Å². The second kappa shape index (κ2) is 5.91. The molecule has 0 radical (unpaired) electrons. The van der Waals surface area contributed by atoms with Crippen molar-refractivity contribution in [2.75, 3.05) is 0 Å². The van der Waals surface area contributed by atoms with Crippen LogP contribution in [0.3, 0.4) is 0 Å². The second-order valence-corrected chi connectivity index (χ2v) is 2.32. The fourth-order valence-electron chi connectivity index (χ4n) is 1.10. The van der Waals surface area contributed by atoms with Crippen molar-refractivity contribution >= 4 is 31.0 Å². The van der Waals surface area contributed by atoms with E-state index < -0.39 is 0 Å². The number of hydrogen-bond donors (Lipinski definition) is 0. The third kappa shape index (κ3) is 2.69. The third-order valence-corrected chi connectivity index (χ3v) is 1.51. The summed E-state index contributed by atoms with van der Waals surface area (Å²) >= 11 is 0. The molecule has 1 heterocycles. The van der Waals surface area contributed by atoms with E-state index in [1.807, 2.05) is 12.3 Å². The van der Waals surface area contributed by atoms with Gasteiger partial charge in [-0.3, -0.25) is 4.99 Å². The largest absolute Gasteiger partial charge is 0.256 e. The normalized spacial score (nSPS) is 15.9. The van der Waals surface area contributed by atoms with Gasteiger partial charge in [-0.1, -0.05) is 0 Å². The molecule has 1 nitrogen and oxygen atoms in total. The molecule has 0 N–H and O–H groups in total. The van der Waals surface area contributed by atoms with Crippen molar-refractivity contribution in [2.24, 2.45) is 4.99 Å². The Balaban J connectivity index is 0. The van der Waals surface area contributed by atoms with Gasteiger partial charge in [0.25, 0.3) is 0 Å². The molecule has 0 atom stereocenters. The van der Waals surface area contributed by atoms with E-state index >= 15 is 0 Å². The van der Waals surface area contributed by atoms with Crippen LogP contribution in [0.1, 0.15) is 6.92 Å². The van der Waals surface area contributed by atoms with Crippen molar-refractivity contribution in [2.45, 2.75) is 6.92 Å². The van der Waals surface area contributed by atoms with Crippen molar-refractivity contribution in [3.05, 3.63) is 35.1 Å². The minimum absolute atomic E-state index is 0. The van der Waals surface area contributed by atoms with Gasteiger partial charge in [-0.05, 0) is 30.7 Å². The van der Waals surface area contributed by atoms with E-state index in [-0.39, 0.29) is 51.0 Å². The van der Waals surface area contributed by atoms with Crippen LogP contribution in [0.2, 0.25) is 0 Å². The minimum Gasteiger partial charge on any atom is -0.256 e. The van der Waals surface area contributed by atoms with E-state index in [9.17, 15) is 0 Å². The van der Waals surface area contributed by atoms with Crippen LogP contribution in [0.4, 0.5) is 0 Å². The molecule has 0 unspecified atom stereocenters. The van der Waals surface area contributed by atoms with E-state index in [1.165, 1.54) is 11.1 Å². The third-order valence-electron chi connectivity index (χ3n) is 1.51. The van der Waals surface area contributed by atoms with Crippen molar-refractivity contribution < 1.29 is 26.2 Å². The van der Waals surface area contributed by atoms with Gasteiger partial charge in [0.05, 0.1) is 5.70 Å². The van der Waals surface area contributed by atoms with Crippen LogP contribution in [-0.2, 0) is 26.2 Å². The second-order valence-electron chi connectivity index (χ2n) is 2.32. The molecular formula is C8H9Cl2NZr. The Bertz CT molecular complexity index is 277. The van der Waals surface area contributed by atoms with Crippen molar-refractivity contribution in [1.82, 2.24) is 0 Å². The SMILES string of the molecule is CC1=CC2=CC=NC2=C1.Cl.Cl.[Zr]. The number of allylic oxidation sites excluding steroid dienone is 4. The minimum atomic E-state index is 0. The number of hydrogen-bond acceptors (Lipinski definition) is 1. The smallest absolute Gasteiger partial charge is 0.0705 e. The number of rotatable bonds is 0. The topological polar surface area (TPSA) is 12.4 Å². The molecule has 0 bridgehead atoms. The summed E-state index contributed by atoms with van der Waals surface area (Å²) in [6, 6.07) is 0. The standard InChI is InChI=1S/C8H7N.2ClH.Zr/c1-6-4-7-2-3-9-8(7)5-6;;;/h2-5H,1H3;2*1H;. The van der Waals surface area contributed by atoms with Gasteiger partial charge < -0.3 is 0 Å². The fraction of sp³-hybridized carbons (Fsp3) is 0.125. The molecule has 4 heteroatoms. The zero-order chi connectivity index (χ0) is 6.27. The number of aliphatic imine (C=N–C) groups is 1. The molecule has 0 saturated heterocycles. The number of halogens is 2. The maximum atomic E-state index is 4.14. The molecule has 0 saturated carbocycles. The van der Waals surface area contributed by atoms with E-state index in [0.29, 0.717) is 0 Å². The first-order valence-corrected chi connectivity index (χ1v) is 3.01. The van der Waals surface area contributed by atoms with E-state index in [4.69, 9.17) is 0 Å². The first kappa shape index (κ1) is 14.9. The molecule has 0 amide bonds. The molecule has 0 fully saturated rings. The van der Waals surface area contributed by atoms with Crippen molar-refractivity contribution in [1.29, 1.82) is 0 Å². The van der Waals surface area contributed by atoms with Crippen molar-refractivity contribution in [3.8, 4) is 0 Å². The molecule has 1 aliphatic heterocycles. The molecule has 0 spiro atoms. The Hall–Kier alpha value is 0.353. The molecule has 0 aromatic carbocycles. The molecule has 0 aromatic heterocycles. The average Bonchev–Trinajstić information content (AvgIpc) is 2.22. The van der Waals surface area contributed by atoms with Crippen LogP contribution in [0.15, 0.2) is 40.1 Å². The zero-order valence-corrected chi connectivity index (χ0v) is 10.7. The number of nitrogens with zero attached hydrogens (tertiary/aromatic N) is 1. The van der Waals surface area contributed by atoms with Gasteiger partial charge in [-0.15, -0.1) is 24.8 Å². The Morgan fingerprint density at radius 2 is 1.83 bits per heavy atom. The maximum absolute atomic E-state index is 4.14. The van der Waals surface area contributed by atoms with Gasteiger partial charge in [0.2, 0.25) is 0 Å². The molecular weight excluding hydrogens is 272 g/mol. The van der Waals surface area contributed by atoms with E-state index in [0.717, 1.165) is 5.70 Å². The Kier molecular flexibility index (Phi) is 7.31. The van der Waals surface area contributed by atoms with Gasteiger partial charge in [0.15, 0.2) is 0 Å². The summed E-state index contributed by atoms with van der Waals surface area (Å²) in [7, 11) is 0. The first-order valence-electron chi connectivity index (χ1n) is 3.01. The number of fused-ring (bicyclic) bond motifs is 1. The molecule has 2 rings (SSSR count). The molecule has 1 aliphatic carbocycles. The van der Waals surface area contributed by atoms with Crippen LogP contribution in [-0.4, -0.2) is 6.21 Å². The van der Waals surface area contributed by atoms with Gasteiger partial charge in [0.1, 0.15) is 0 Å². The van der Waals surface area contributed by atoms with E-state index in [1.54, 1.807) is 0 Å². The van der Waals surface area contributed by atoms with Gasteiger partial charge in [0, 0.05) is 38.0 Å². The zero-order valence-electron chi connectivity index (χ0n) is 6.57. The summed E-state index contributed by atoms with van der Waals surface area (Å²) in [5, 5.41) is 0. The van der Waals surface area contributed by atoms with Crippen LogP contribution in [0.25, 0.3) is 0 Å². The predicted octanol–water partition coefficient (Wildman–Crippen LogP) is 2.68. The van der Waals surface area contributed by atoms with Crippen LogP contribution in [0.5, 0.6) is 0 Å². The van der Waals surface area contributed by atoms with E-state index in [2.05, 4.69) is 24.1 Å². The Morgan fingerprint density at radius 3 is 2.42 bits per heavy atom. The molecule has 12 heavy (non-hydrogen) atoms. The summed E-state index contributed by atoms with van der Waals surface area (Å²) in [6.45, 7) is 2.08. The first-order chi connectivity index (χ1) is 4.36. The average molecular weight is 281 g/mol.